The summed E-state index contributed by atoms with van der Waals surface area (Å²) < 4.78 is 0. The molecule has 94 valence electrons. The van der Waals surface area contributed by atoms with Gasteiger partial charge in [-0.25, -0.2) is 0 Å². The molecular formula is C12H18N2O3. The Morgan fingerprint density at radius 2 is 2.18 bits per heavy atom. The van der Waals surface area contributed by atoms with Crippen molar-refractivity contribution in [2.75, 3.05) is 13.6 Å². The maximum atomic E-state index is 11.8. The molecule has 0 aromatic carbocycles. The third kappa shape index (κ3) is 2.93. The van der Waals surface area contributed by atoms with Crippen LogP contribution in [0, 0.1) is 0 Å². The molecule has 2 amide bonds. The van der Waals surface area contributed by atoms with Crippen LogP contribution in [-0.2, 0) is 14.4 Å². The summed E-state index contributed by atoms with van der Waals surface area (Å²) in [6.45, 7) is 4.13. The van der Waals surface area contributed by atoms with E-state index in [-0.39, 0.29) is 18.2 Å². The highest BCUT2D eigenvalue weighted by Gasteiger charge is 2.30. The maximum Gasteiger partial charge on any atom is 0.250 e. The lowest BCUT2D eigenvalue weighted by Crippen LogP contribution is -2.39. The van der Waals surface area contributed by atoms with Gasteiger partial charge in [-0.3, -0.25) is 9.59 Å². The van der Waals surface area contributed by atoms with Crippen LogP contribution < -0.4 is 5.32 Å². The van der Waals surface area contributed by atoms with Crippen molar-refractivity contribution in [3.8, 4) is 0 Å². The van der Waals surface area contributed by atoms with Gasteiger partial charge >= 0.3 is 0 Å². The third-order valence-corrected chi connectivity index (χ3v) is 3.13. The van der Waals surface area contributed by atoms with E-state index in [2.05, 4.69) is 5.32 Å². The van der Waals surface area contributed by atoms with E-state index in [0.717, 1.165) is 11.9 Å². The van der Waals surface area contributed by atoms with Gasteiger partial charge in [-0.1, -0.05) is 0 Å². The van der Waals surface area contributed by atoms with E-state index < -0.39 is 6.04 Å². The van der Waals surface area contributed by atoms with Crippen molar-refractivity contribution in [2.45, 2.75) is 32.7 Å². The number of carbonyl (C=O) groups is 3. The Morgan fingerprint density at radius 1 is 1.53 bits per heavy atom. The fourth-order valence-corrected chi connectivity index (χ4v) is 1.81. The van der Waals surface area contributed by atoms with Crippen LogP contribution in [0.25, 0.3) is 0 Å². The first-order valence-corrected chi connectivity index (χ1v) is 5.64. The molecule has 0 saturated heterocycles. The highest BCUT2D eigenvalue weighted by molar-refractivity contribution is 5.97. The summed E-state index contributed by atoms with van der Waals surface area (Å²) in [5, 5.41) is 2.50. The predicted molar refractivity (Wildman–Crippen MR) is 63.2 cm³/mol. The summed E-state index contributed by atoms with van der Waals surface area (Å²) in [5.74, 6) is -0.221. The summed E-state index contributed by atoms with van der Waals surface area (Å²) in [6, 6.07) is -0.507. The molecule has 1 rings (SSSR count). The van der Waals surface area contributed by atoms with Crippen molar-refractivity contribution < 1.29 is 14.4 Å². The number of nitrogens with zero attached hydrogens (tertiary/aromatic N) is 1. The number of hydrogen-bond acceptors (Lipinski definition) is 3. The first kappa shape index (κ1) is 13.4. The van der Waals surface area contributed by atoms with Crippen molar-refractivity contribution >= 4 is 18.1 Å². The van der Waals surface area contributed by atoms with Crippen LogP contribution in [0.4, 0.5) is 0 Å². The largest absolute Gasteiger partial charge is 0.359 e. The summed E-state index contributed by atoms with van der Waals surface area (Å²) in [4.78, 5) is 35.5. The zero-order chi connectivity index (χ0) is 13.0. The zero-order valence-electron chi connectivity index (χ0n) is 10.4. The Balaban J connectivity index is 2.62. The number of aldehydes is 1. The van der Waals surface area contributed by atoms with Gasteiger partial charge in [-0.2, -0.15) is 0 Å². The van der Waals surface area contributed by atoms with Crippen molar-refractivity contribution in [3.63, 3.8) is 0 Å². The molecule has 0 spiro atoms. The summed E-state index contributed by atoms with van der Waals surface area (Å²) >= 11 is 0. The fraction of sp³-hybridized carbons (Fsp3) is 0.583. The lowest BCUT2D eigenvalue weighted by Gasteiger charge is -2.23. The second kappa shape index (κ2) is 5.61. The lowest BCUT2D eigenvalue weighted by molar-refractivity contribution is -0.131. The number of rotatable bonds is 5. The molecule has 1 aliphatic rings. The summed E-state index contributed by atoms with van der Waals surface area (Å²) in [5.41, 5.74) is 1.69. The van der Waals surface area contributed by atoms with Crippen LogP contribution >= 0.6 is 0 Å². The highest BCUT2D eigenvalue weighted by Crippen LogP contribution is 2.21. The smallest absolute Gasteiger partial charge is 0.250 e. The molecule has 1 unspecified atom stereocenters. The first-order valence-electron chi connectivity index (χ1n) is 5.64. The average molecular weight is 238 g/mol. The minimum absolute atomic E-state index is 0.100. The van der Waals surface area contributed by atoms with Crippen LogP contribution in [0.3, 0.4) is 0 Å². The van der Waals surface area contributed by atoms with E-state index in [4.69, 9.17) is 0 Å². The van der Waals surface area contributed by atoms with Crippen LogP contribution in [0.1, 0.15) is 26.7 Å². The lowest BCUT2D eigenvalue weighted by atomic mass is 10.1. The molecule has 0 fully saturated rings. The standard InChI is InChI=1S/C12H18N2O3/c1-8-6-14(12(17)9(8)2)10(7-15)4-5-11(16)13-3/h7,10H,4-6H2,1-3H3,(H,13,16). The van der Waals surface area contributed by atoms with Crippen LogP contribution in [0.15, 0.2) is 11.1 Å². The second-order valence-electron chi connectivity index (χ2n) is 4.25. The minimum atomic E-state index is -0.507. The van der Waals surface area contributed by atoms with Crippen molar-refractivity contribution in [1.82, 2.24) is 10.2 Å². The Hall–Kier alpha value is -1.65. The van der Waals surface area contributed by atoms with Gasteiger partial charge in [0.15, 0.2) is 0 Å². The molecule has 0 radical (unpaired) electrons. The van der Waals surface area contributed by atoms with Crippen molar-refractivity contribution in [3.05, 3.63) is 11.1 Å². The fourth-order valence-electron chi connectivity index (χ4n) is 1.81. The van der Waals surface area contributed by atoms with Gasteiger partial charge in [0.25, 0.3) is 0 Å². The SMILES string of the molecule is CNC(=O)CCC(C=O)N1CC(C)=C(C)C1=O. The average Bonchev–Trinajstić information content (AvgIpc) is 2.58. The van der Waals surface area contributed by atoms with Gasteiger partial charge in [-0.15, -0.1) is 0 Å². The normalized spacial score (nSPS) is 17.4. The second-order valence-corrected chi connectivity index (χ2v) is 4.25. The molecule has 5 heteroatoms. The van der Waals surface area contributed by atoms with Gasteiger partial charge < -0.3 is 15.0 Å². The molecule has 0 aromatic rings. The topological polar surface area (TPSA) is 66.5 Å². The van der Waals surface area contributed by atoms with Gasteiger partial charge in [-0.05, 0) is 25.8 Å². The summed E-state index contributed by atoms with van der Waals surface area (Å²) in [7, 11) is 1.55. The molecule has 0 bridgehead atoms. The number of hydrogen-bond donors (Lipinski definition) is 1. The Kier molecular flexibility index (Phi) is 4.43. The van der Waals surface area contributed by atoms with Gasteiger partial charge in [0.1, 0.15) is 6.29 Å². The van der Waals surface area contributed by atoms with E-state index in [1.54, 1.807) is 14.0 Å². The van der Waals surface area contributed by atoms with Crippen molar-refractivity contribution in [2.24, 2.45) is 0 Å². The van der Waals surface area contributed by atoms with E-state index in [0.29, 0.717) is 18.5 Å². The molecule has 0 aromatic heterocycles. The molecule has 1 N–H and O–H groups in total. The molecule has 1 atom stereocenters. The van der Waals surface area contributed by atoms with E-state index >= 15 is 0 Å². The van der Waals surface area contributed by atoms with Crippen molar-refractivity contribution in [1.29, 1.82) is 0 Å². The Bertz CT molecular complexity index is 374. The van der Waals surface area contributed by atoms with E-state index in [1.165, 1.54) is 4.90 Å². The van der Waals surface area contributed by atoms with E-state index in [9.17, 15) is 14.4 Å². The van der Waals surface area contributed by atoms with E-state index in [1.807, 2.05) is 6.92 Å². The predicted octanol–water partition coefficient (Wildman–Crippen LogP) is 0.259. The monoisotopic (exact) mass is 238 g/mol. The van der Waals surface area contributed by atoms with Crippen LogP contribution in [-0.4, -0.2) is 42.6 Å². The van der Waals surface area contributed by atoms with Crippen LogP contribution in [0.2, 0.25) is 0 Å². The van der Waals surface area contributed by atoms with Gasteiger partial charge in [0.05, 0.1) is 6.04 Å². The number of amides is 2. The molecule has 0 aliphatic carbocycles. The number of nitrogens with one attached hydrogen (secondary N) is 1. The molecule has 5 nitrogen and oxygen atoms in total. The highest BCUT2D eigenvalue weighted by atomic mass is 16.2. The molecule has 0 saturated carbocycles. The summed E-state index contributed by atoms with van der Waals surface area (Å²) in [6.07, 6.45) is 1.37. The Morgan fingerprint density at radius 3 is 2.59 bits per heavy atom. The molecule has 1 heterocycles. The Labute approximate surface area is 101 Å². The van der Waals surface area contributed by atoms with Gasteiger partial charge in [0.2, 0.25) is 11.8 Å². The number of carbonyl (C=O) groups excluding carboxylic acids is 3. The molecular weight excluding hydrogens is 220 g/mol. The minimum Gasteiger partial charge on any atom is -0.359 e. The molecule has 17 heavy (non-hydrogen) atoms. The quantitative estimate of drug-likeness (QED) is 0.699. The first-order chi connectivity index (χ1) is 8.01. The van der Waals surface area contributed by atoms with Crippen LogP contribution in [0.5, 0.6) is 0 Å². The third-order valence-electron chi connectivity index (χ3n) is 3.13. The maximum absolute atomic E-state index is 11.8. The zero-order valence-corrected chi connectivity index (χ0v) is 10.4. The molecule has 1 aliphatic heterocycles. The van der Waals surface area contributed by atoms with Gasteiger partial charge in [0, 0.05) is 25.6 Å².